The number of carbonyl (C=O) groups excluding carboxylic acids is 2. The van der Waals surface area contributed by atoms with Gasteiger partial charge < -0.3 is 19.3 Å². The molecule has 0 radical (unpaired) electrons. The van der Waals surface area contributed by atoms with Crippen molar-refractivity contribution in [3.05, 3.63) is 161 Å². The van der Waals surface area contributed by atoms with Crippen LogP contribution in [-0.2, 0) is 9.47 Å². The van der Waals surface area contributed by atoms with Crippen LogP contribution in [0.25, 0.3) is 0 Å². The van der Waals surface area contributed by atoms with Gasteiger partial charge in [0.05, 0.1) is 20.3 Å². The first-order chi connectivity index (χ1) is 23.0. The molecule has 2 amide bonds. The minimum absolute atomic E-state index is 0.0166. The number of hydrogen-bond donors (Lipinski definition) is 2. The van der Waals surface area contributed by atoms with Gasteiger partial charge in [-0.1, -0.05) is 121 Å². The third-order valence-electron chi connectivity index (χ3n) is 7.80. The third kappa shape index (κ3) is 7.23. The normalized spacial score (nSPS) is 10.8. The highest BCUT2D eigenvalue weighted by molar-refractivity contribution is 5.95. The number of methoxy groups -OCH3 is 1. The fraction of sp³-hybridized carbons (Fsp3) is 0.179. The molecule has 2 N–H and O–H groups in total. The van der Waals surface area contributed by atoms with Crippen molar-refractivity contribution in [2.24, 2.45) is 0 Å². The number of aromatic hydroxyl groups is 1. The lowest BCUT2D eigenvalue weighted by Crippen LogP contribution is -2.47. The number of nitrogens with one attached hydrogen (secondary N) is 1. The zero-order valence-electron chi connectivity index (χ0n) is 26.6. The van der Waals surface area contributed by atoms with Crippen LogP contribution in [0.2, 0.25) is 0 Å². The zero-order valence-corrected chi connectivity index (χ0v) is 26.6. The van der Waals surface area contributed by atoms with E-state index in [9.17, 15) is 14.7 Å². The van der Waals surface area contributed by atoms with E-state index in [1.165, 1.54) is 7.11 Å². The molecule has 5 rings (SSSR count). The van der Waals surface area contributed by atoms with Gasteiger partial charge in [-0.3, -0.25) is 0 Å². The van der Waals surface area contributed by atoms with Gasteiger partial charge in [0.2, 0.25) is 0 Å². The Balaban J connectivity index is 1.90. The Labute approximate surface area is 275 Å². The van der Waals surface area contributed by atoms with E-state index in [2.05, 4.69) is 5.43 Å². The van der Waals surface area contributed by atoms with Crippen LogP contribution in [0, 0.1) is 0 Å². The van der Waals surface area contributed by atoms with Crippen LogP contribution in [0.15, 0.2) is 127 Å². The molecule has 8 nitrogen and oxygen atoms in total. The summed E-state index contributed by atoms with van der Waals surface area (Å²) < 4.78 is 16.6. The molecule has 0 fully saturated rings. The first-order valence-electron chi connectivity index (χ1n) is 15.5. The largest absolute Gasteiger partial charge is 0.505 e. The second-order valence-electron chi connectivity index (χ2n) is 10.7. The Morgan fingerprint density at radius 3 is 1.45 bits per heavy atom. The third-order valence-corrected chi connectivity index (χ3v) is 7.80. The lowest BCUT2D eigenvalue weighted by Gasteiger charge is -2.31. The minimum atomic E-state index is -0.927. The summed E-state index contributed by atoms with van der Waals surface area (Å²) in [6.45, 7) is 3.38. The number of benzene rings is 5. The van der Waals surface area contributed by atoms with E-state index < -0.39 is 24.0 Å². The molecule has 0 saturated heterocycles. The summed E-state index contributed by atoms with van der Waals surface area (Å²) in [5.41, 5.74) is 7.28. The summed E-state index contributed by atoms with van der Waals surface area (Å²) in [4.78, 5) is 26.5. The molecule has 240 valence electrons. The number of carbonyl (C=O) groups is 2. The van der Waals surface area contributed by atoms with Crippen LogP contribution < -0.4 is 15.2 Å². The fourth-order valence-electron chi connectivity index (χ4n) is 5.86. The molecule has 5 aromatic carbocycles. The highest BCUT2D eigenvalue weighted by Gasteiger charge is 2.35. The van der Waals surface area contributed by atoms with E-state index >= 15 is 0 Å². The maximum Gasteiger partial charge on any atom is 0.433 e. The molecule has 0 spiro atoms. The second-order valence-corrected chi connectivity index (χ2v) is 10.7. The summed E-state index contributed by atoms with van der Waals surface area (Å²) in [5, 5.41) is 13.2. The predicted molar refractivity (Wildman–Crippen MR) is 182 cm³/mol. The van der Waals surface area contributed by atoms with Crippen LogP contribution >= 0.6 is 0 Å². The predicted octanol–water partition coefficient (Wildman–Crippen LogP) is 8.39. The van der Waals surface area contributed by atoms with Crippen molar-refractivity contribution in [3.8, 4) is 11.5 Å². The van der Waals surface area contributed by atoms with Crippen molar-refractivity contribution in [1.82, 2.24) is 5.43 Å². The quantitative estimate of drug-likeness (QED) is 0.119. The van der Waals surface area contributed by atoms with Gasteiger partial charge in [0.15, 0.2) is 11.4 Å². The van der Waals surface area contributed by atoms with Crippen molar-refractivity contribution in [1.29, 1.82) is 0 Å². The summed E-state index contributed by atoms with van der Waals surface area (Å²) in [7, 11) is 1.47. The zero-order chi connectivity index (χ0) is 33.2. The molecule has 0 aliphatic rings. The molecule has 0 bridgehead atoms. The van der Waals surface area contributed by atoms with Crippen LogP contribution in [0.4, 0.5) is 15.3 Å². The van der Waals surface area contributed by atoms with Crippen LogP contribution in [0.5, 0.6) is 11.5 Å². The average Bonchev–Trinajstić information content (AvgIpc) is 3.11. The number of rotatable bonds is 10. The molecular formula is C39H38N2O6. The molecule has 0 aromatic heterocycles. The van der Waals surface area contributed by atoms with Gasteiger partial charge in [-0.15, -0.1) is 0 Å². The van der Waals surface area contributed by atoms with Crippen LogP contribution in [0.1, 0.15) is 59.1 Å². The van der Waals surface area contributed by atoms with E-state index in [0.29, 0.717) is 11.1 Å². The molecule has 47 heavy (non-hydrogen) atoms. The molecule has 0 aliphatic carbocycles. The van der Waals surface area contributed by atoms with E-state index in [1.807, 2.05) is 127 Å². The number of phenolic OH excluding ortho intramolecular Hbond substituents is 1. The Kier molecular flexibility index (Phi) is 10.8. The lowest BCUT2D eigenvalue weighted by atomic mass is 9.79. The molecule has 0 atom stereocenters. The molecule has 0 heterocycles. The average molecular weight is 631 g/mol. The summed E-state index contributed by atoms with van der Waals surface area (Å²) in [5.74, 6) is -0.967. The lowest BCUT2D eigenvalue weighted by molar-refractivity contribution is 0.138. The molecule has 0 aliphatic heterocycles. The van der Waals surface area contributed by atoms with Crippen molar-refractivity contribution in [2.75, 3.05) is 25.3 Å². The second kappa shape index (κ2) is 15.5. The van der Waals surface area contributed by atoms with E-state index in [1.54, 1.807) is 13.8 Å². The number of amides is 2. The molecule has 8 heteroatoms. The number of nitrogens with zero attached hydrogens (tertiary/aromatic N) is 1. The van der Waals surface area contributed by atoms with Gasteiger partial charge in [0.1, 0.15) is 5.75 Å². The first kappa shape index (κ1) is 32.6. The number of ether oxygens (including phenoxy) is 3. The van der Waals surface area contributed by atoms with E-state index in [4.69, 9.17) is 14.2 Å². The summed E-state index contributed by atoms with van der Waals surface area (Å²) in [6, 6.07) is 41.4. The number of hydrazine groups is 1. The van der Waals surface area contributed by atoms with Crippen molar-refractivity contribution in [2.45, 2.75) is 25.7 Å². The Hall–Kier alpha value is -5.76. The smallest absolute Gasteiger partial charge is 0.433 e. The summed E-state index contributed by atoms with van der Waals surface area (Å²) in [6.07, 6.45) is -1.83. The highest BCUT2D eigenvalue weighted by atomic mass is 16.6. The maximum absolute atomic E-state index is 13.6. The van der Waals surface area contributed by atoms with E-state index in [-0.39, 0.29) is 30.4 Å². The molecule has 0 unspecified atom stereocenters. The first-order valence-corrected chi connectivity index (χ1v) is 15.5. The number of anilines is 1. The SMILES string of the molecule is CCOC(=O)NN(C(=O)OCC)c1c(O)c(C(c2ccccc2)c2ccccc2)cc(C(c2ccccc2)c2ccccc2)c1OC. The van der Waals surface area contributed by atoms with Gasteiger partial charge in [0, 0.05) is 23.0 Å². The molecule has 0 saturated carbocycles. The Bertz CT molecular complexity index is 1690. The van der Waals surface area contributed by atoms with Gasteiger partial charge in [-0.2, -0.15) is 5.01 Å². The van der Waals surface area contributed by atoms with Crippen molar-refractivity contribution in [3.63, 3.8) is 0 Å². The number of hydrogen-bond acceptors (Lipinski definition) is 6. The Morgan fingerprint density at radius 2 is 1.06 bits per heavy atom. The Morgan fingerprint density at radius 1 is 0.660 bits per heavy atom. The van der Waals surface area contributed by atoms with Crippen LogP contribution in [0.3, 0.4) is 0 Å². The monoisotopic (exact) mass is 630 g/mol. The van der Waals surface area contributed by atoms with Crippen LogP contribution in [-0.4, -0.2) is 37.6 Å². The standard InChI is InChI=1S/C39H38N2O6/c1-4-46-38(43)40-41(39(44)47-5-2)35-36(42)31(33(27-18-10-6-11-19-27)28-20-12-7-13-21-28)26-32(37(35)45-3)34(29-22-14-8-15-23-29)30-24-16-9-17-25-30/h6-26,33-34,42H,4-5H2,1-3H3,(H,40,43). The highest BCUT2D eigenvalue weighted by Crippen LogP contribution is 2.51. The molecular weight excluding hydrogens is 592 g/mol. The molecule has 5 aromatic rings. The van der Waals surface area contributed by atoms with Gasteiger partial charge in [0.25, 0.3) is 0 Å². The van der Waals surface area contributed by atoms with Crippen molar-refractivity contribution >= 4 is 17.9 Å². The van der Waals surface area contributed by atoms with Gasteiger partial charge in [-0.05, 0) is 42.2 Å². The van der Waals surface area contributed by atoms with Gasteiger partial charge >= 0.3 is 12.2 Å². The van der Waals surface area contributed by atoms with E-state index in [0.717, 1.165) is 27.3 Å². The van der Waals surface area contributed by atoms with Gasteiger partial charge in [-0.25, -0.2) is 15.0 Å². The topological polar surface area (TPSA) is 97.3 Å². The summed E-state index contributed by atoms with van der Waals surface area (Å²) >= 11 is 0. The maximum atomic E-state index is 13.6. The van der Waals surface area contributed by atoms with Crippen molar-refractivity contribution < 1.29 is 28.9 Å². The minimum Gasteiger partial charge on any atom is -0.505 e. The fourth-order valence-corrected chi connectivity index (χ4v) is 5.86. The number of phenols is 1.